The van der Waals surface area contributed by atoms with Crippen LogP contribution in [0, 0.1) is 5.92 Å². The largest absolute Gasteiger partial charge is 0.339 e. The SMILES string of the molecule is CCN(c1ccc(C(=O)N2CCC(C)CC2)cc1)S(=O)(=O)CC. The second kappa shape index (κ2) is 7.34. The van der Waals surface area contributed by atoms with E-state index in [-0.39, 0.29) is 11.7 Å². The molecule has 0 saturated carbocycles. The van der Waals surface area contributed by atoms with Gasteiger partial charge < -0.3 is 4.90 Å². The van der Waals surface area contributed by atoms with Gasteiger partial charge in [-0.3, -0.25) is 9.10 Å². The Bertz CT molecular complexity index is 632. The highest BCUT2D eigenvalue weighted by molar-refractivity contribution is 7.92. The van der Waals surface area contributed by atoms with Crippen LogP contribution in [0.2, 0.25) is 0 Å². The smallest absolute Gasteiger partial charge is 0.253 e. The zero-order valence-corrected chi connectivity index (χ0v) is 15.0. The standard InChI is InChI=1S/C17H26N2O3S/c1-4-19(23(21,22)5-2)16-8-6-15(7-9-16)17(20)18-12-10-14(3)11-13-18/h6-9,14H,4-5,10-13H2,1-3H3. The molecule has 0 bridgehead atoms. The molecule has 0 aromatic heterocycles. The van der Waals surface area contributed by atoms with Crippen molar-refractivity contribution in [1.29, 1.82) is 0 Å². The van der Waals surface area contributed by atoms with Gasteiger partial charge in [0.15, 0.2) is 0 Å². The molecule has 23 heavy (non-hydrogen) atoms. The Morgan fingerprint density at radius 1 is 1.17 bits per heavy atom. The van der Waals surface area contributed by atoms with E-state index in [9.17, 15) is 13.2 Å². The van der Waals surface area contributed by atoms with Gasteiger partial charge in [-0.15, -0.1) is 0 Å². The van der Waals surface area contributed by atoms with Crippen LogP contribution >= 0.6 is 0 Å². The Labute approximate surface area is 139 Å². The molecule has 2 rings (SSSR count). The average molecular weight is 338 g/mol. The lowest BCUT2D eigenvalue weighted by atomic mass is 9.98. The summed E-state index contributed by atoms with van der Waals surface area (Å²) in [5, 5.41) is 0. The predicted octanol–water partition coefficient (Wildman–Crippen LogP) is 2.73. The molecule has 6 heteroatoms. The van der Waals surface area contributed by atoms with Gasteiger partial charge in [-0.1, -0.05) is 6.92 Å². The third kappa shape index (κ3) is 4.05. The number of hydrogen-bond donors (Lipinski definition) is 0. The molecule has 0 unspecified atom stereocenters. The van der Waals surface area contributed by atoms with E-state index in [1.807, 2.05) is 4.90 Å². The fourth-order valence-electron chi connectivity index (χ4n) is 2.86. The molecule has 0 radical (unpaired) electrons. The molecule has 1 saturated heterocycles. The molecule has 0 N–H and O–H groups in total. The number of carbonyl (C=O) groups excluding carboxylic acids is 1. The van der Waals surface area contributed by atoms with Gasteiger partial charge >= 0.3 is 0 Å². The van der Waals surface area contributed by atoms with E-state index in [2.05, 4.69) is 6.92 Å². The Hall–Kier alpha value is -1.56. The second-order valence-electron chi connectivity index (χ2n) is 6.09. The number of carbonyl (C=O) groups is 1. The van der Waals surface area contributed by atoms with Crippen LogP contribution in [0.25, 0.3) is 0 Å². The van der Waals surface area contributed by atoms with Crippen molar-refractivity contribution in [3.05, 3.63) is 29.8 Å². The zero-order chi connectivity index (χ0) is 17.0. The van der Waals surface area contributed by atoms with Gasteiger partial charge in [-0.05, 0) is 56.9 Å². The maximum atomic E-state index is 12.5. The van der Waals surface area contributed by atoms with Crippen molar-refractivity contribution < 1.29 is 13.2 Å². The van der Waals surface area contributed by atoms with Crippen LogP contribution in [0.3, 0.4) is 0 Å². The lowest BCUT2D eigenvalue weighted by molar-refractivity contribution is 0.0697. The first-order chi connectivity index (χ1) is 10.9. The molecule has 1 aliphatic rings. The summed E-state index contributed by atoms with van der Waals surface area (Å²) in [6.45, 7) is 7.63. The number of nitrogens with zero attached hydrogens (tertiary/aromatic N) is 2. The summed E-state index contributed by atoms with van der Waals surface area (Å²) in [5.41, 5.74) is 1.23. The molecular formula is C17H26N2O3S. The fourth-order valence-corrected chi connectivity index (χ4v) is 4.01. The summed E-state index contributed by atoms with van der Waals surface area (Å²) >= 11 is 0. The van der Waals surface area contributed by atoms with Crippen molar-refractivity contribution in [1.82, 2.24) is 4.90 Å². The predicted molar refractivity (Wildman–Crippen MR) is 93.2 cm³/mol. The van der Waals surface area contributed by atoms with Gasteiger partial charge in [-0.2, -0.15) is 0 Å². The molecular weight excluding hydrogens is 312 g/mol. The quantitative estimate of drug-likeness (QED) is 0.829. The molecule has 1 heterocycles. The monoisotopic (exact) mass is 338 g/mol. The minimum Gasteiger partial charge on any atom is -0.339 e. The summed E-state index contributed by atoms with van der Waals surface area (Å²) < 4.78 is 25.5. The number of sulfonamides is 1. The number of rotatable bonds is 5. The molecule has 5 nitrogen and oxygen atoms in total. The normalized spacial score (nSPS) is 16.4. The van der Waals surface area contributed by atoms with E-state index in [1.54, 1.807) is 38.1 Å². The van der Waals surface area contributed by atoms with Crippen LogP contribution in [0.4, 0.5) is 5.69 Å². The first-order valence-corrected chi connectivity index (χ1v) is 9.89. The van der Waals surface area contributed by atoms with Crippen molar-refractivity contribution in [3.8, 4) is 0 Å². The molecule has 1 aromatic carbocycles. The molecule has 1 aromatic rings. The van der Waals surface area contributed by atoms with Crippen LogP contribution in [0.15, 0.2) is 24.3 Å². The summed E-state index contributed by atoms with van der Waals surface area (Å²) in [6, 6.07) is 6.89. The molecule has 1 fully saturated rings. The molecule has 1 aliphatic heterocycles. The minimum atomic E-state index is -3.29. The zero-order valence-electron chi connectivity index (χ0n) is 14.2. The maximum Gasteiger partial charge on any atom is 0.253 e. The van der Waals surface area contributed by atoms with Gasteiger partial charge in [0, 0.05) is 25.2 Å². The van der Waals surface area contributed by atoms with Crippen molar-refractivity contribution in [2.75, 3.05) is 29.7 Å². The number of hydrogen-bond acceptors (Lipinski definition) is 3. The Balaban J connectivity index is 2.14. The third-order valence-corrected chi connectivity index (χ3v) is 6.33. The number of benzene rings is 1. The summed E-state index contributed by atoms with van der Waals surface area (Å²) in [5.74, 6) is 0.775. The Morgan fingerprint density at radius 2 is 1.74 bits per heavy atom. The minimum absolute atomic E-state index is 0.0323. The van der Waals surface area contributed by atoms with Gasteiger partial charge in [0.05, 0.1) is 11.4 Å². The van der Waals surface area contributed by atoms with Crippen molar-refractivity contribution >= 4 is 21.6 Å². The molecule has 1 amide bonds. The van der Waals surface area contributed by atoms with Crippen LogP contribution in [0.5, 0.6) is 0 Å². The van der Waals surface area contributed by atoms with Crippen LogP contribution in [0.1, 0.15) is 44.0 Å². The summed E-state index contributed by atoms with van der Waals surface area (Å²) in [7, 11) is -3.29. The number of amides is 1. The highest BCUT2D eigenvalue weighted by Crippen LogP contribution is 2.22. The first-order valence-electron chi connectivity index (χ1n) is 8.28. The Kier molecular flexibility index (Phi) is 5.68. The molecule has 0 aliphatic carbocycles. The van der Waals surface area contributed by atoms with Crippen molar-refractivity contribution in [2.24, 2.45) is 5.92 Å². The van der Waals surface area contributed by atoms with E-state index in [0.717, 1.165) is 25.9 Å². The van der Waals surface area contributed by atoms with Crippen LogP contribution in [-0.2, 0) is 10.0 Å². The lowest BCUT2D eigenvalue weighted by Gasteiger charge is -2.30. The second-order valence-corrected chi connectivity index (χ2v) is 8.27. The first kappa shape index (κ1) is 17.8. The van der Waals surface area contributed by atoms with Gasteiger partial charge in [0.25, 0.3) is 5.91 Å². The average Bonchev–Trinajstić information content (AvgIpc) is 2.56. The number of anilines is 1. The van der Waals surface area contributed by atoms with Crippen LogP contribution in [-0.4, -0.2) is 44.6 Å². The lowest BCUT2D eigenvalue weighted by Crippen LogP contribution is -2.38. The number of piperidine rings is 1. The van der Waals surface area contributed by atoms with E-state index in [4.69, 9.17) is 0 Å². The van der Waals surface area contributed by atoms with Crippen LogP contribution < -0.4 is 4.31 Å². The van der Waals surface area contributed by atoms with Gasteiger partial charge in [0.2, 0.25) is 10.0 Å². The summed E-state index contributed by atoms with van der Waals surface area (Å²) in [4.78, 5) is 14.4. The van der Waals surface area contributed by atoms with Crippen molar-refractivity contribution in [2.45, 2.75) is 33.6 Å². The van der Waals surface area contributed by atoms with Gasteiger partial charge in [-0.25, -0.2) is 8.42 Å². The van der Waals surface area contributed by atoms with E-state index in [1.165, 1.54) is 4.31 Å². The maximum absolute atomic E-state index is 12.5. The topological polar surface area (TPSA) is 57.7 Å². The van der Waals surface area contributed by atoms with E-state index < -0.39 is 10.0 Å². The third-order valence-electron chi connectivity index (χ3n) is 4.46. The molecule has 0 spiro atoms. The summed E-state index contributed by atoms with van der Waals surface area (Å²) in [6.07, 6.45) is 2.09. The van der Waals surface area contributed by atoms with Crippen molar-refractivity contribution in [3.63, 3.8) is 0 Å². The highest BCUT2D eigenvalue weighted by atomic mass is 32.2. The number of likely N-dealkylation sites (tertiary alicyclic amines) is 1. The van der Waals surface area contributed by atoms with Gasteiger partial charge in [0.1, 0.15) is 0 Å². The van der Waals surface area contributed by atoms with E-state index in [0.29, 0.717) is 23.7 Å². The molecule has 0 atom stereocenters. The van der Waals surface area contributed by atoms with E-state index >= 15 is 0 Å². The fraction of sp³-hybridized carbons (Fsp3) is 0.588. The molecule has 128 valence electrons. The Morgan fingerprint density at radius 3 is 2.22 bits per heavy atom. The highest BCUT2D eigenvalue weighted by Gasteiger charge is 2.22.